The molecule has 0 spiro atoms. The molecule has 0 fully saturated rings. The van der Waals surface area contributed by atoms with Gasteiger partial charge in [-0.1, -0.05) is 18.2 Å². The van der Waals surface area contributed by atoms with E-state index in [0.717, 1.165) is 11.1 Å². The Hall–Kier alpha value is -2.80. The largest absolute Gasteiger partial charge is 0.485 e. The second-order valence-corrected chi connectivity index (χ2v) is 5.28. The first-order valence-corrected chi connectivity index (χ1v) is 7.41. The van der Waals surface area contributed by atoms with Crippen molar-refractivity contribution in [1.29, 1.82) is 0 Å². The van der Waals surface area contributed by atoms with Gasteiger partial charge in [0.25, 0.3) is 0 Å². The van der Waals surface area contributed by atoms with Crippen LogP contribution in [0.15, 0.2) is 36.4 Å². The number of nitrogens with one attached hydrogen (secondary N) is 1. The Morgan fingerprint density at radius 3 is 2.88 bits per heavy atom. The zero-order valence-electron chi connectivity index (χ0n) is 12.9. The van der Waals surface area contributed by atoms with E-state index < -0.39 is 5.91 Å². The summed E-state index contributed by atoms with van der Waals surface area (Å²) in [7, 11) is 0. The van der Waals surface area contributed by atoms with Crippen LogP contribution in [-0.4, -0.2) is 19.2 Å². The van der Waals surface area contributed by atoms with E-state index in [9.17, 15) is 9.18 Å². The van der Waals surface area contributed by atoms with Gasteiger partial charge in [-0.05, 0) is 23.8 Å². The van der Waals surface area contributed by atoms with Gasteiger partial charge < -0.3 is 25.3 Å². The quantitative estimate of drug-likeness (QED) is 0.806. The summed E-state index contributed by atoms with van der Waals surface area (Å²) in [5.41, 5.74) is 6.65. The molecule has 0 aliphatic carbocycles. The van der Waals surface area contributed by atoms with Crippen LogP contribution < -0.4 is 25.3 Å². The number of fused-ring (bicyclic) bond motifs is 1. The average Bonchev–Trinajstić information content (AvgIpc) is 3.03. The lowest BCUT2D eigenvalue weighted by Gasteiger charge is -2.12. The Kier molecular flexibility index (Phi) is 4.81. The molecule has 6 nitrogen and oxygen atoms in total. The van der Waals surface area contributed by atoms with Gasteiger partial charge in [0.15, 0.2) is 11.5 Å². The highest BCUT2D eigenvalue weighted by molar-refractivity contribution is 5.75. The summed E-state index contributed by atoms with van der Waals surface area (Å²) in [6.07, 6.45) is 0. The molecule has 7 heteroatoms. The van der Waals surface area contributed by atoms with Gasteiger partial charge in [0.2, 0.25) is 18.4 Å². The third-order valence-electron chi connectivity index (χ3n) is 3.46. The molecule has 0 unspecified atom stereocenters. The highest BCUT2D eigenvalue weighted by Crippen LogP contribution is 2.43. The lowest BCUT2D eigenvalue weighted by molar-refractivity contribution is -0.117. The summed E-state index contributed by atoms with van der Waals surface area (Å²) in [6.45, 7) is 0.803. The Bertz CT molecular complexity index is 751. The van der Waals surface area contributed by atoms with Crippen LogP contribution in [0.5, 0.6) is 17.2 Å². The van der Waals surface area contributed by atoms with Crippen molar-refractivity contribution in [3.63, 3.8) is 0 Å². The number of rotatable bonds is 7. The van der Waals surface area contributed by atoms with Gasteiger partial charge in [0, 0.05) is 12.1 Å². The van der Waals surface area contributed by atoms with E-state index in [-0.39, 0.29) is 25.8 Å². The summed E-state index contributed by atoms with van der Waals surface area (Å²) in [5.74, 6) is 0.856. The van der Waals surface area contributed by atoms with Gasteiger partial charge in [-0.25, -0.2) is 4.39 Å². The lowest BCUT2D eigenvalue weighted by Crippen LogP contribution is -2.28. The monoisotopic (exact) mass is 332 g/mol. The minimum absolute atomic E-state index is 0.0768. The van der Waals surface area contributed by atoms with E-state index in [0.29, 0.717) is 23.8 Å². The summed E-state index contributed by atoms with van der Waals surface area (Å²) in [4.78, 5) is 10.8. The molecule has 2 aromatic carbocycles. The standard InChI is InChI=1S/C17H17FN2O4/c18-13-3-1-2-11(6-13)9-22-14-5-4-12(7-20-8-15(19)21)16-17(14)24-10-23-16/h1-6,20H,7-10H2,(H2,19,21). The second-order valence-electron chi connectivity index (χ2n) is 5.28. The minimum atomic E-state index is -0.432. The van der Waals surface area contributed by atoms with E-state index in [1.165, 1.54) is 12.1 Å². The Morgan fingerprint density at radius 1 is 1.25 bits per heavy atom. The maximum absolute atomic E-state index is 13.2. The number of hydrogen-bond acceptors (Lipinski definition) is 5. The van der Waals surface area contributed by atoms with E-state index in [1.807, 2.05) is 6.07 Å². The van der Waals surface area contributed by atoms with Crippen LogP contribution in [0.3, 0.4) is 0 Å². The fraction of sp³-hybridized carbons (Fsp3) is 0.235. The first-order chi connectivity index (χ1) is 11.6. The van der Waals surface area contributed by atoms with E-state index in [1.54, 1.807) is 18.2 Å². The molecule has 0 saturated carbocycles. The van der Waals surface area contributed by atoms with Crippen LogP contribution in [0.4, 0.5) is 4.39 Å². The van der Waals surface area contributed by atoms with Gasteiger partial charge in [0.05, 0.1) is 6.54 Å². The summed E-state index contributed by atoms with van der Waals surface area (Å²) in [6, 6.07) is 9.79. The van der Waals surface area contributed by atoms with Crippen LogP contribution in [0.25, 0.3) is 0 Å². The third kappa shape index (κ3) is 3.75. The maximum Gasteiger partial charge on any atom is 0.231 e. The molecular weight excluding hydrogens is 315 g/mol. The fourth-order valence-corrected chi connectivity index (χ4v) is 2.39. The molecule has 2 aromatic rings. The number of primary amides is 1. The maximum atomic E-state index is 13.2. The molecule has 0 saturated heterocycles. The van der Waals surface area contributed by atoms with Crippen molar-refractivity contribution in [2.24, 2.45) is 5.73 Å². The van der Waals surface area contributed by atoms with Crippen molar-refractivity contribution in [3.8, 4) is 17.2 Å². The predicted octanol–water partition coefficient (Wildman–Crippen LogP) is 1.71. The van der Waals surface area contributed by atoms with Crippen molar-refractivity contribution in [2.45, 2.75) is 13.2 Å². The fourth-order valence-electron chi connectivity index (χ4n) is 2.39. The Morgan fingerprint density at radius 2 is 2.08 bits per heavy atom. The van der Waals surface area contributed by atoms with Crippen LogP contribution >= 0.6 is 0 Å². The molecule has 0 bridgehead atoms. The number of carbonyl (C=O) groups excluding carboxylic acids is 1. The summed E-state index contributed by atoms with van der Waals surface area (Å²) >= 11 is 0. The van der Waals surface area contributed by atoms with E-state index in [4.69, 9.17) is 19.9 Å². The molecule has 0 atom stereocenters. The first kappa shape index (κ1) is 16.1. The van der Waals surface area contributed by atoms with Crippen LogP contribution in [0, 0.1) is 5.82 Å². The lowest BCUT2D eigenvalue weighted by atomic mass is 10.1. The molecule has 1 amide bonds. The number of carbonyl (C=O) groups is 1. The Balaban J connectivity index is 1.71. The predicted molar refractivity (Wildman–Crippen MR) is 84.2 cm³/mol. The SMILES string of the molecule is NC(=O)CNCc1ccc(OCc2cccc(F)c2)c2c1OCO2. The van der Waals surface area contributed by atoms with Gasteiger partial charge in [-0.15, -0.1) is 0 Å². The van der Waals surface area contributed by atoms with Crippen LogP contribution in [0.1, 0.15) is 11.1 Å². The molecule has 1 aliphatic rings. The Labute approximate surface area is 138 Å². The highest BCUT2D eigenvalue weighted by Gasteiger charge is 2.23. The second kappa shape index (κ2) is 7.18. The number of benzene rings is 2. The third-order valence-corrected chi connectivity index (χ3v) is 3.46. The van der Waals surface area contributed by atoms with E-state index in [2.05, 4.69) is 5.32 Å². The van der Waals surface area contributed by atoms with Crippen molar-refractivity contribution in [3.05, 3.63) is 53.3 Å². The normalized spacial score (nSPS) is 12.2. The summed E-state index contributed by atoms with van der Waals surface area (Å²) < 4.78 is 29.9. The number of hydrogen-bond donors (Lipinski definition) is 2. The molecule has 1 heterocycles. The molecule has 0 radical (unpaired) electrons. The van der Waals surface area contributed by atoms with Gasteiger partial charge in [0.1, 0.15) is 12.4 Å². The van der Waals surface area contributed by atoms with Gasteiger partial charge >= 0.3 is 0 Å². The number of amides is 1. The molecule has 3 rings (SSSR count). The zero-order chi connectivity index (χ0) is 16.9. The smallest absolute Gasteiger partial charge is 0.231 e. The summed E-state index contributed by atoms with van der Waals surface area (Å²) in [5, 5.41) is 2.92. The molecule has 3 N–H and O–H groups in total. The van der Waals surface area contributed by atoms with E-state index >= 15 is 0 Å². The molecular formula is C17H17FN2O4. The van der Waals surface area contributed by atoms with Crippen molar-refractivity contribution in [1.82, 2.24) is 5.32 Å². The van der Waals surface area contributed by atoms with Crippen LogP contribution in [-0.2, 0) is 17.9 Å². The van der Waals surface area contributed by atoms with Crippen molar-refractivity contribution in [2.75, 3.05) is 13.3 Å². The zero-order valence-corrected chi connectivity index (χ0v) is 12.9. The highest BCUT2D eigenvalue weighted by atomic mass is 19.1. The van der Waals surface area contributed by atoms with Gasteiger partial charge in [-0.3, -0.25) is 4.79 Å². The number of halogens is 1. The first-order valence-electron chi connectivity index (χ1n) is 7.41. The molecule has 1 aliphatic heterocycles. The molecule has 126 valence electrons. The number of nitrogens with two attached hydrogens (primary N) is 1. The average molecular weight is 332 g/mol. The van der Waals surface area contributed by atoms with Crippen LogP contribution in [0.2, 0.25) is 0 Å². The molecule has 24 heavy (non-hydrogen) atoms. The minimum Gasteiger partial charge on any atom is -0.485 e. The topological polar surface area (TPSA) is 82.8 Å². The number of ether oxygens (including phenoxy) is 3. The van der Waals surface area contributed by atoms with Crippen molar-refractivity contribution >= 4 is 5.91 Å². The molecule has 0 aromatic heterocycles. The van der Waals surface area contributed by atoms with Crippen molar-refractivity contribution < 1.29 is 23.4 Å². The van der Waals surface area contributed by atoms with Gasteiger partial charge in [-0.2, -0.15) is 0 Å².